The van der Waals surface area contributed by atoms with Crippen LogP contribution in [-0.2, 0) is 9.53 Å². The number of hydrogen-bond donors (Lipinski definition) is 3. The largest absolute Gasteiger partial charge is 0.379 e. The Balaban J connectivity index is 2.02. The molecule has 3 N–H and O–H groups in total. The van der Waals surface area contributed by atoms with Crippen LogP contribution in [0.1, 0.15) is 26.7 Å². The lowest BCUT2D eigenvalue weighted by Gasteiger charge is -2.12. The maximum atomic E-state index is 11.4. The van der Waals surface area contributed by atoms with Crippen molar-refractivity contribution >= 4 is 11.9 Å². The molecule has 6 nitrogen and oxygen atoms in total. The van der Waals surface area contributed by atoms with Gasteiger partial charge in [0.1, 0.15) is 0 Å². The van der Waals surface area contributed by atoms with Gasteiger partial charge in [-0.2, -0.15) is 0 Å². The van der Waals surface area contributed by atoms with Crippen LogP contribution in [0.5, 0.6) is 0 Å². The molecule has 1 unspecified atom stereocenters. The molecule has 0 aromatic heterocycles. The molecule has 104 valence electrons. The Morgan fingerprint density at radius 1 is 1.33 bits per heavy atom. The first-order valence-electron chi connectivity index (χ1n) is 6.46. The number of urea groups is 1. The minimum Gasteiger partial charge on any atom is -0.379 e. The van der Waals surface area contributed by atoms with Gasteiger partial charge in [-0.15, -0.1) is 0 Å². The van der Waals surface area contributed by atoms with Gasteiger partial charge in [-0.25, -0.2) is 4.79 Å². The highest BCUT2D eigenvalue weighted by Gasteiger charge is 2.17. The van der Waals surface area contributed by atoms with Crippen molar-refractivity contribution in [2.75, 3.05) is 26.3 Å². The van der Waals surface area contributed by atoms with Gasteiger partial charge in [-0.1, -0.05) is 13.8 Å². The average molecular weight is 257 g/mol. The van der Waals surface area contributed by atoms with Crippen LogP contribution in [0, 0.1) is 5.92 Å². The maximum absolute atomic E-state index is 11.4. The van der Waals surface area contributed by atoms with E-state index in [1.54, 1.807) is 0 Å². The molecular weight excluding hydrogens is 234 g/mol. The van der Waals surface area contributed by atoms with E-state index in [1.807, 2.05) is 13.8 Å². The van der Waals surface area contributed by atoms with Crippen molar-refractivity contribution in [1.82, 2.24) is 16.0 Å². The maximum Gasteiger partial charge on any atom is 0.315 e. The van der Waals surface area contributed by atoms with Gasteiger partial charge in [0.25, 0.3) is 0 Å². The van der Waals surface area contributed by atoms with Crippen LogP contribution < -0.4 is 16.0 Å². The fourth-order valence-corrected chi connectivity index (χ4v) is 1.58. The molecule has 1 rings (SSSR count). The van der Waals surface area contributed by atoms with Crippen LogP contribution in [0.4, 0.5) is 4.79 Å². The van der Waals surface area contributed by atoms with E-state index in [2.05, 4.69) is 16.0 Å². The van der Waals surface area contributed by atoms with E-state index in [4.69, 9.17) is 4.74 Å². The standard InChI is InChI=1S/C12H23N3O3/c1-9(2)7-14-11(16)3-5-13-12(17)15-10-4-6-18-8-10/h9-10H,3-8H2,1-2H3,(H,14,16)(H2,13,15,17). The highest BCUT2D eigenvalue weighted by molar-refractivity contribution is 5.78. The van der Waals surface area contributed by atoms with Crippen LogP contribution in [0.25, 0.3) is 0 Å². The Morgan fingerprint density at radius 3 is 2.72 bits per heavy atom. The summed E-state index contributed by atoms with van der Waals surface area (Å²) in [4.78, 5) is 22.8. The molecule has 0 saturated carbocycles. The lowest BCUT2D eigenvalue weighted by molar-refractivity contribution is -0.121. The van der Waals surface area contributed by atoms with Gasteiger partial charge in [-0.05, 0) is 12.3 Å². The van der Waals surface area contributed by atoms with Gasteiger partial charge in [0.2, 0.25) is 5.91 Å². The fraction of sp³-hybridized carbons (Fsp3) is 0.833. The molecular formula is C12H23N3O3. The summed E-state index contributed by atoms with van der Waals surface area (Å²) in [5, 5.41) is 8.26. The number of rotatable bonds is 6. The summed E-state index contributed by atoms with van der Waals surface area (Å²) in [6.07, 6.45) is 1.16. The second-order valence-electron chi connectivity index (χ2n) is 4.91. The molecule has 1 heterocycles. The second kappa shape index (κ2) is 7.92. The first-order valence-corrected chi connectivity index (χ1v) is 6.46. The Bertz CT molecular complexity index is 276. The number of ether oxygens (including phenoxy) is 1. The number of carbonyl (C=O) groups excluding carboxylic acids is 2. The summed E-state index contributed by atoms with van der Waals surface area (Å²) in [5.41, 5.74) is 0. The smallest absolute Gasteiger partial charge is 0.315 e. The number of nitrogens with one attached hydrogen (secondary N) is 3. The molecule has 3 amide bonds. The van der Waals surface area contributed by atoms with Gasteiger partial charge in [0.05, 0.1) is 12.6 Å². The summed E-state index contributed by atoms with van der Waals surface area (Å²) >= 11 is 0. The van der Waals surface area contributed by atoms with E-state index in [-0.39, 0.29) is 18.0 Å². The van der Waals surface area contributed by atoms with Crippen molar-refractivity contribution in [2.45, 2.75) is 32.7 Å². The predicted molar refractivity (Wildman–Crippen MR) is 68.2 cm³/mol. The topological polar surface area (TPSA) is 79.5 Å². The van der Waals surface area contributed by atoms with Gasteiger partial charge < -0.3 is 20.7 Å². The zero-order valence-corrected chi connectivity index (χ0v) is 11.1. The molecule has 0 aliphatic carbocycles. The lowest BCUT2D eigenvalue weighted by atomic mass is 10.2. The predicted octanol–water partition coefficient (Wildman–Crippen LogP) is 0.237. The first kappa shape index (κ1) is 14.8. The van der Waals surface area contributed by atoms with Gasteiger partial charge in [0.15, 0.2) is 0 Å². The van der Waals surface area contributed by atoms with E-state index in [0.29, 0.717) is 38.6 Å². The second-order valence-corrected chi connectivity index (χ2v) is 4.91. The monoisotopic (exact) mass is 257 g/mol. The molecule has 1 aliphatic rings. The summed E-state index contributed by atoms with van der Waals surface area (Å²) in [6.45, 7) is 6.37. The summed E-state index contributed by atoms with van der Waals surface area (Å²) in [6, 6.07) is -0.137. The normalized spacial score (nSPS) is 18.7. The average Bonchev–Trinajstić information content (AvgIpc) is 2.79. The molecule has 0 aromatic carbocycles. The van der Waals surface area contributed by atoms with Crippen molar-refractivity contribution in [3.63, 3.8) is 0 Å². The molecule has 0 bridgehead atoms. The van der Waals surface area contributed by atoms with Crippen LogP contribution >= 0.6 is 0 Å². The Labute approximate surface area is 108 Å². The zero-order chi connectivity index (χ0) is 13.4. The van der Waals surface area contributed by atoms with Crippen LogP contribution in [0.2, 0.25) is 0 Å². The van der Waals surface area contributed by atoms with Crippen molar-refractivity contribution in [3.8, 4) is 0 Å². The van der Waals surface area contributed by atoms with Crippen LogP contribution in [0.3, 0.4) is 0 Å². The van der Waals surface area contributed by atoms with E-state index >= 15 is 0 Å². The van der Waals surface area contributed by atoms with Crippen molar-refractivity contribution in [1.29, 1.82) is 0 Å². The molecule has 1 atom stereocenters. The zero-order valence-electron chi connectivity index (χ0n) is 11.1. The Morgan fingerprint density at radius 2 is 2.11 bits per heavy atom. The quantitative estimate of drug-likeness (QED) is 0.637. The molecule has 0 aromatic rings. The SMILES string of the molecule is CC(C)CNC(=O)CCNC(=O)NC1CCOC1. The summed E-state index contributed by atoms with van der Waals surface area (Å²) in [5.74, 6) is 0.403. The number of amides is 3. The van der Waals surface area contributed by atoms with Crippen LogP contribution in [-0.4, -0.2) is 44.3 Å². The third kappa shape index (κ3) is 6.44. The Hall–Kier alpha value is -1.30. The highest BCUT2D eigenvalue weighted by Crippen LogP contribution is 2.02. The minimum absolute atomic E-state index is 0.0341. The van der Waals surface area contributed by atoms with Crippen molar-refractivity contribution in [2.24, 2.45) is 5.92 Å². The third-order valence-electron chi connectivity index (χ3n) is 2.61. The van der Waals surface area contributed by atoms with Crippen molar-refractivity contribution < 1.29 is 14.3 Å². The number of carbonyl (C=O) groups is 2. The van der Waals surface area contributed by atoms with Gasteiger partial charge in [0, 0.05) is 26.1 Å². The molecule has 1 fully saturated rings. The molecule has 1 saturated heterocycles. The van der Waals surface area contributed by atoms with Crippen LogP contribution in [0.15, 0.2) is 0 Å². The van der Waals surface area contributed by atoms with Gasteiger partial charge in [-0.3, -0.25) is 4.79 Å². The Kier molecular flexibility index (Phi) is 6.49. The molecule has 0 spiro atoms. The summed E-state index contributed by atoms with van der Waals surface area (Å²) < 4.78 is 5.15. The van der Waals surface area contributed by atoms with E-state index < -0.39 is 0 Å². The highest BCUT2D eigenvalue weighted by atomic mass is 16.5. The summed E-state index contributed by atoms with van der Waals surface area (Å²) in [7, 11) is 0. The van der Waals surface area contributed by atoms with E-state index in [9.17, 15) is 9.59 Å². The van der Waals surface area contributed by atoms with E-state index in [0.717, 1.165) is 6.42 Å². The molecule has 6 heteroatoms. The van der Waals surface area contributed by atoms with Gasteiger partial charge >= 0.3 is 6.03 Å². The molecule has 0 radical (unpaired) electrons. The molecule has 18 heavy (non-hydrogen) atoms. The lowest BCUT2D eigenvalue weighted by Crippen LogP contribution is -2.43. The third-order valence-corrected chi connectivity index (χ3v) is 2.61. The number of hydrogen-bond acceptors (Lipinski definition) is 3. The molecule has 1 aliphatic heterocycles. The first-order chi connectivity index (χ1) is 8.58. The fourth-order valence-electron chi connectivity index (χ4n) is 1.58. The minimum atomic E-state index is -0.234. The van der Waals surface area contributed by atoms with Crippen molar-refractivity contribution in [3.05, 3.63) is 0 Å². The van der Waals surface area contributed by atoms with E-state index in [1.165, 1.54) is 0 Å².